The molecule has 2 aromatic rings. The van der Waals surface area contributed by atoms with Gasteiger partial charge in [-0.05, 0) is 37.1 Å². The molecule has 0 bridgehead atoms. The maximum Gasteiger partial charge on any atom is 0.142 e. The van der Waals surface area contributed by atoms with Gasteiger partial charge in [0.05, 0.1) is 12.8 Å². The number of aryl methyl sites for hydroxylation is 2. The Balaban J connectivity index is 1.48. The maximum atomic E-state index is 6.04. The van der Waals surface area contributed by atoms with Crippen molar-refractivity contribution < 1.29 is 9.47 Å². The van der Waals surface area contributed by atoms with Crippen LogP contribution in [0.2, 0.25) is 0 Å². The van der Waals surface area contributed by atoms with Crippen molar-refractivity contribution in [3.63, 3.8) is 0 Å². The Morgan fingerprint density at radius 1 is 0.880 bits per heavy atom. The highest BCUT2D eigenvalue weighted by Crippen LogP contribution is 2.28. The normalized spacial score (nSPS) is 15.2. The van der Waals surface area contributed by atoms with Gasteiger partial charge >= 0.3 is 0 Å². The van der Waals surface area contributed by atoms with E-state index in [-0.39, 0.29) is 0 Å². The standard InChI is InChI=1S/C21H28N2O2/c1-17-7-6-8-18(2)21(17)25-16-15-22-11-13-23(14-12-22)19-9-4-5-10-20(19)24-3/h4-10H,11-16H2,1-3H3. The van der Waals surface area contributed by atoms with Crippen LogP contribution in [0, 0.1) is 13.8 Å². The molecule has 0 radical (unpaired) electrons. The smallest absolute Gasteiger partial charge is 0.142 e. The molecule has 134 valence electrons. The number of piperazine rings is 1. The predicted octanol–water partition coefficient (Wildman–Crippen LogP) is 3.51. The molecule has 4 heteroatoms. The Labute approximate surface area is 151 Å². The monoisotopic (exact) mass is 340 g/mol. The molecular weight excluding hydrogens is 312 g/mol. The van der Waals surface area contributed by atoms with Crippen LogP contribution in [-0.4, -0.2) is 51.3 Å². The summed E-state index contributed by atoms with van der Waals surface area (Å²) >= 11 is 0. The highest BCUT2D eigenvalue weighted by molar-refractivity contribution is 5.58. The van der Waals surface area contributed by atoms with E-state index < -0.39 is 0 Å². The number of benzene rings is 2. The molecule has 0 aliphatic carbocycles. The summed E-state index contributed by atoms with van der Waals surface area (Å²) in [6, 6.07) is 14.5. The van der Waals surface area contributed by atoms with Crippen LogP contribution in [0.5, 0.6) is 11.5 Å². The van der Waals surface area contributed by atoms with Crippen LogP contribution in [0.15, 0.2) is 42.5 Å². The second-order valence-corrected chi connectivity index (χ2v) is 6.57. The van der Waals surface area contributed by atoms with Gasteiger partial charge in [-0.15, -0.1) is 0 Å². The largest absolute Gasteiger partial charge is 0.495 e. The molecule has 0 aromatic heterocycles. The minimum atomic E-state index is 0.736. The van der Waals surface area contributed by atoms with E-state index in [0.29, 0.717) is 0 Å². The molecule has 3 rings (SSSR count). The molecule has 2 aromatic carbocycles. The Hall–Kier alpha value is -2.20. The lowest BCUT2D eigenvalue weighted by molar-refractivity contribution is 0.199. The topological polar surface area (TPSA) is 24.9 Å². The van der Waals surface area contributed by atoms with Crippen LogP contribution in [0.4, 0.5) is 5.69 Å². The Kier molecular flexibility index (Phi) is 5.82. The molecule has 0 unspecified atom stereocenters. The minimum absolute atomic E-state index is 0.736. The van der Waals surface area contributed by atoms with Gasteiger partial charge in [0.25, 0.3) is 0 Å². The zero-order valence-electron chi connectivity index (χ0n) is 15.5. The number of anilines is 1. The third-order valence-electron chi connectivity index (χ3n) is 4.86. The van der Waals surface area contributed by atoms with E-state index in [0.717, 1.165) is 50.8 Å². The quantitative estimate of drug-likeness (QED) is 0.803. The van der Waals surface area contributed by atoms with Crippen molar-refractivity contribution in [3.8, 4) is 11.5 Å². The van der Waals surface area contributed by atoms with Crippen molar-refractivity contribution in [2.24, 2.45) is 0 Å². The summed E-state index contributed by atoms with van der Waals surface area (Å²) in [4.78, 5) is 4.88. The van der Waals surface area contributed by atoms with Gasteiger partial charge in [-0.2, -0.15) is 0 Å². The summed E-state index contributed by atoms with van der Waals surface area (Å²) in [6.07, 6.45) is 0. The van der Waals surface area contributed by atoms with Gasteiger partial charge in [-0.3, -0.25) is 4.90 Å². The first-order valence-electron chi connectivity index (χ1n) is 8.98. The van der Waals surface area contributed by atoms with Crippen LogP contribution >= 0.6 is 0 Å². The Morgan fingerprint density at radius 3 is 2.24 bits per heavy atom. The van der Waals surface area contributed by atoms with E-state index in [1.54, 1.807) is 7.11 Å². The van der Waals surface area contributed by atoms with E-state index in [9.17, 15) is 0 Å². The summed E-state index contributed by atoms with van der Waals surface area (Å²) < 4.78 is 11.5. The fraction of sp³-hybridized carbons (Fsp3) is 0.429. The van der Waals surface area contributed by atoms with Crippen LogP contribution in [0.3, 0.4) is 0 Å². The number of nitrogens with zero attached hydrogens (tertiary/aromatic N) is 2. The number of hydrogen-bond acceptors (Lipinski definition) is 4. The molecule has 0 atom stereocenters. The molecule has 1 aliphatic heterocycles. The molecule has 0 saturated carbocycles. The highest BCUT2D eigenvalue weighted by atomic mass is 16.5. The van der Waals surface area contributed by atoms with Crippen molar-refractivity contribution in [3.05, 3.63) is 53.6 Å². The van der Waals surface area contributed by atoms with Crippen molar-refractivity contribution in [2.45, 2.75) is 13.8 Å². The van der Waals surface area contributed by atoms with E-state index in [2.05, 4.69) is 54.0 Å². The molecule has 0 amide bonds. The van der Waals surface area contributed by atoms with Gasteiger partial charge in [0.1, 0.15) is 18.1 Å². The molecule has 0 spiro atoms. The van der Waals surface area contributed by atoms with E-state index in [4.69, 9.17) is 9.47 Å². The third-order valence-corrected chi connectivity index (χ3v) is 4.86. The Morgan fingerprint density at radius 2 is 1.56 bits per heavy atom. The minimum Gasteiger partial charge on any atom is -0.495 e. The van der Waals surface area contributed by atoms with E-state index in [1.165, 1.54) is 16.8 Å². The van der Waals surface area contributed by atoms with Gasteiger partial charge in [0.15, 0.2) is 0 Å². The van der Waals surface area contributed by atoms with Gasteiger partial charge in [-0.1, -0.05) is 30.3 Å². The predicted molar refractivity (Wildman–Crippen MR) is 103 cm³/mol. The van der Waals surface area contributed by atoms with Gasteiger partial charge in [0, 0.05) is 32.7 Å². The first kappa shape index (κ1) is 17.6. The van der Waals surface area contributed by atoms with Crippen LogP contribution in [-0.2, 0) is 0 Å². The SMILES string of the molecule is COc1ccccc1N1CCN(CCOc2c(C)cccc2C)CC1. The summed E-state index contributed by atoms with van der Waals surface area (Å²) in [7, 11) is 1.74. The molecular formula is C21H28N2O2. The second kappa shape index (κ2) is 8.26. The first-order chi connectivity index (χ1) is 12.2. The lowest BCUT2D eigenvalue weighted by Crippen LogP contribution is -2.47. The summed E-state index contributed by atoms with van der Waals surface area (Å²) in [5, 5.41) is 0. The number of para-hydroxylation sites is 3. The average molecular weight is 340 g/mol. The first-order valence-corrected chi connectivity index (χ1v) is 8.98. The summed E-state index contributed by atoms with van der Waals surface area (Å²) in [6.45, 7) is 10.0. The molecule has 1 heterocycles. The fourth-order valence-corrected chi connectivity index (χ4v) is 3.41. The number of methoxy groups -OCH3 is 1. The molecule has 0 N–H and O–H groups in total. The van der Waals surface area contributed by atoms with Crippen molar-refractivity contribution in [1.29, 1.82) is 0 Å². The van der Waals surface area contributed by atoms with E-state index >= 15 is 0 Å². The van der Waals surface area contributed by atoms with Crippen molar-refractivity contribution in [1.82, 2.24) is 4.90 Å². The molecule has 1 aliphatic rings. The average Bonchev–Trinajstić information content (AvgIpc) is 2.65. The van der Waals surface area contributed by atoms with Crippen LogP contribution < -0.4 is 14.4 Å². The third kappa shape index (κ3) is 4.26. The summed E-state index contributed by atoms with van der Waals surface area (Å²) in [5.41, 5.74) is 3.61. The zero-order valence-corrected chi connectivity index (χ0v) is 15.5. The number of ether oxygens (including phenoxy) is 2. The zero-order chi connectivity index (χ0) is 17.6. The van der Waals surface area contributed by atoms with Gasteiger partial charge < -0.3 is 14.4 Å². The molecule has 25 heavy (non-hydrogen) atoms. The highest BCUT2D eigenvalue weighted by Gasteiger charge is 2.19. The number of rotatable bonds is 6. The van der Waals surface area contributed by atoms with Crippen molar-refractivity contribution in [2.75, 3.05) is 51.3 Å². The maximum absolute atomic E-state index is 6.04. The number of hydrogen-bond donors (Lipinski definition) is 0. The lowest BCUT2D eigenvalue weighted by Gasteiger charge is -2.36. The molecule has 1 fully saturated rings. The molecule has 1 saturated heterocycles. The summed E-state index contributed by atoms with van der Waals surface area (Å²) in [5.74, 6) is 1.99. The van der Waals surface area contributed by atoms with Crippen LogP contribution in [0.1, 0.15) is 11.1 Å². The fourth-order valence-electron chi connectivity index (χ4n) is 3.41. The van der Waals surface area contributed by atoms with Crippen LogP contribution in [0.25, 0.3) is 0 Å². The van der Waals surface area contributed by atoms with Crippen molar-refractivity contribution >= 4 is 5.69 Å². The van der Waals surface area contributed by atoms with E-state index in [1.807, 2.05) is 12.1 Å². The second-order valence-electron chi connectivity index (χ2n) is 6.57. The Bertz CT molecular complexity index is 674. The van der Waals surface area contributed by atoms with Gasteiger partial charge in [-0.25, -0.2) is 0 Å². The molecule has 4 nitrogen and oxygen atoms in total. The lowest BCUT2D eigenvalue weighted by atomic mass is 10.1. The van der Waals surface area contributed by atoms with Gasteiger partial charge in [0.2, 0.25) is 0 Å².